The zero-order valence-corrected chi connectivity index (χ0v) is 18.8. The summed E-state index contributed by atoms with van der Waals surface area (Å²) in [6, 6.07) is 21.2. The summed E-state index contributed by atoms with van der Waals surface area (Å²) in [5, 5.41) is 2.20. The average molecular weight is 470 g/mol. The van der Waals surface area contributed by atoms with E-state index in [0.717, 1.165) is 45.3 Å². The summed E-state index contributed by atoms with van der Waals surface area (Å²) in [5.41, 5.74) is 5.51. The number of rotatable bonds is 5. The smallest absolute Gasteiger partial charge is 0.255 e. The van der Waals surface area contributed by atoms with Crippen LogP contribution in [0.4, 0.5) is 0 Å². The first-order valence-corrected chi connectivity index (χ1v) is 11.4. The molecule has 0 bridgehead atoms. The molecule has 0 aliphatic carbocycles. The lowest BCUT2D eigenvalue weighted by atomic mass is 9.93. The fourth-order valence-corrected chi connectivity index (χ4v) is 5.12. The zero-order chi connectivity index (χ0) is 21.5. The van der Waals surface area contributed by atoms with Gasteiger partial charge in [0.05, 0.1) is 16.8 Å². The first kappa shape index (κ1) is 20.4. The Morgan fingerprint density at radius 1 is 0.935 bits per heavy atom. The van der Waals surface area contributed by atoms with Gasteiger partial charge in [0.1, 0.15) is 0 Å². The van der Waals surface area contributed by atoms with Crippen molar-refractivity contribution in [3.8, 4) is 11.3 Å². The van der Waals surface area contributed by atoms with Gasteiger partial charge in [0, 0.05) is 45.0 Å². The minimum absolute atomic E-state index is 0.0316. The number of aromatic nitrogens is 1. The maximum absolute atomic E-state index is 13.3. The molecule has 0 spiro atoms. The van der Waals surface area contributed by atoms with Crippen molar-refractivity contribution in [2.24, 2.45) is 0 Å². The van der Waals surface area contributed by atoms with E-state index in [1.54, 1.807) is 6.07 Å². The number of para-hydroxylation sites is 1. The van der Waals surface area contributed by atoms with Gasteiger partial charge in [-0.15, -0.1) is 11.6 Å². The van der Waals surface area contributed by atoms with E-state index in [1.165, 1.54) is 0 Å². The lowest BCUT2D eigenvalue weighted by Gasteiger charge is -2.26. The van der Waals surface area contributed by atoms with Crippen LogP contribution >= 0.6 is 34.8 Å². The number of nitrogens with zero attached hydrogens (tertiary/aromatic N) is 1. The summed E-state index contributed by atoms with van der Waals surface area (Å²) in [6.07, 6.45) is 0.719. The van der Waals surface area contributed by atoms with Crippen molar-refractivity contribution in [3.05, 3.63) is 93.5 Å². The number of aromatic amines is 1. The molecule has 1 amide bonds. The SMILES string of the molecule is O=C1c2ccccc2[C@H](c2c(-c3ccc(Cl)cc3Cl)[nH]c3ccccc23)N1CCCCl. The predicted molar refractivity (Wildman–Crippen MR) is 128 cm³/mol. The van der Waals surface area contributed by atoms with Gasteiger partial charge in [-0.2, -0.15) is 0 Å². The van der Waals surface area contributed by atoms with Crippen molar-refractivity contribution in [3.63, 3.8) is 0 Å². The van der Waals surface area contributed by atoms with Crippen LogP contribution in [0.15, 0.2) is 66.7 Å². The number of amides is 1. The van der Waals surface area contributed by atoms with E-state index >= 15 is 0 Å². The second kappa shape index (κ2) is 8.23. The van der Waals surface area contributed by atoms with Crippen molar-refractivity contribution < 1.29 is 4.79 Å². The molecule has 1 aliphatic rings. The number of nitrogens with one attached hydrogen (secondary N) is 1. The lowest BCUT2D eigenvalue weighted by molar-refractivity contribution is 0.0751. The fourth-order valence-electron chi connectivity index (χ4n) is 4.49. The average Bonchev–Trinajstić information content (AvgIpc) is 3.27. The third kappa shape index (κ3) is 3.41. The van der Waals surface area contributed by atoms with E-state index in [2.05, 4.69) is 11.1 Å². The van der Waals surface area contributed by atoms with Crippen LogP contribution in [0.1, 0.15) is 33.9 Å². The van der Waals surface area contributed by atoms with E-state index in [4.69, 9.17) is 34.8 Å². The summed E-state index contributed by atoms with van der Waals surface area (Å²) < 4.78 is 0. The summed E-state index contributed by atoms with van der Waals surface area (Å²) >= 11 is 18.8. The molecule has 3 nitrogen and oxygen atoms in total. The van der Waals surface area contributed by atoms with Gasteiger partial charge in [0.15, 0.2) is 0 Å². The monoisotopic (exact) mass is 468 g/mol. The van der Waals surface area contributed by atoms with Crippen LogP contribution in [0.25, 0.3) is 22.2 Å². The molecule has 31 heavy (non-hydrogen) atoms. The van der Waals surface area contributed by atoms with Gasteiger partial charge in [-0.1, -0.05) is 59.6 Å². The molecule has 1 aromatic heterocycles. The van der Waals surface area contributed by atoms with Crippen LogP contribution in [0, 0.1) is 0 Å². The number of carbonyl (C=O) groups is 1. The Hall–Kier alpha value is -2.46. The molecule has 0 saturated carbocycles. The largest absolute Gasteiger partial charge is 0.354 e. The number of hydrogen-bond acceptors (Lipinski definition) is 1. The van der Waals surface area contributed by atoms with Crippen LogP contribution in [0.5, 0.6) is 0 Å². The number of hydrogen-bond donors (Lipinski definition) is 1. The molecule has 4 aromatic rings. The first-order valence-electron chi connectivity index (χ1n) is 10.1. The van der Waals surface area contributed by atoms with Crippen molar-refractivity contribution in [2.75, 3.05) is 12.4 Å². The van der Waals surface area contributed by atoms with Crippen LogP contribution in [-0.2, 0) is 0 Å². The van der Waals surface area contributed by atoms with Gasteiger partial charge in [0.2, 0.25) is 0 Å². The van der Waals surface area contributed by atoms with Crippen LogP contribution < -0.4 is 0 Å². The van der Waals surface area contributed by atoms with Crippen molar-refractivity contribution in [1.29, 1.82) is 0 Å². The predicted octanol–water partition coefficient (Wildman–Crippen LogP) is 7.32. The minimum atomic E-state index is -0.232. The Balaban J connectivity index is 1.80. The lowest BCUT2D eigenvalue weighted by Crippen LogP contribution is -2.30. The van der Waals surface area contributed by atoms with E-state index in [9.17, 15) is 4.79 Å². The molecule has 0 fully saturated rings. The summed E-state index contributed by atoms with van der Waals surface area (Å²) in [4.78, 5) is 18.8. The molecule has 1 aliphatic heterocycles. The molecule has 6 heteroatoms. The Labute approximate surface area is 195 Å². The summed E-state index contributed by atoms with van der Waals surface area (Å²) in [7, 11) is 0. The third-order valence-corrected chi connectivity index (χ3v) is 6.63. The molecule has 0 unspecified atom stereocenters. The zero-order valence-electron chi connectivity index (χ0n) is 16.5. The number of halogens is 3. The topological polar surface area (TPSA) is 36.1 Å². The maximum Gasteiger partial charge on any atom is 0.255 e. The molecule has 1 atom stereocenters. The van der Waals surface area contributed by atoms with Gasteiger partial charge >= 0.3 is 0 Å². The molecular weight excluding hydrogens is 451 g/mol. The molecule has 5 rings (SSSR count). The number of fused-ring (bicyclic) bond motifs is 2. The highest BCUT2D eigenvalue weighted by atomic mass is 35.5. The number of benzene rings is 3. The summed E-state index contributed by atoms with van der Waals surface area (Å²) in [6.45, 7) is 0.578. The van der Waals surface area contributed by atoms with E-state index in [-0.39, 0.29) is 11.9 Å². The number of carbonyl (C=O) groups excluding carboxylic acids is 1. The van der Waals surface area contributed by atoms with Crippen molar-refractivity contribution >= 4 is 51.6 Å². The van der Waals surface area contributed by atoms with Crippen LogP contribution in [0.2, 0.25) is 10.0 Å². The fraction of sp³-hybridized carbons (Fsp3) is 0.160. The molecule has 1 N–H and O–H groups in total. The second-order valence-electron chi connectivity index (χ2n) is 7.61. The number of H-pyrrole nitrogens is 1. The highest BCUT2D eigenvalue weighted by Crippen LogP contribution is 2.46. The molecule has 2 heterocycles. The molecule has 3 aromatic carbocycles. The maximum atomic E-state index is 13.3. The van der Waals surface area contributed by atoms with Gasteiger partial charge in [-0.3, -0.25) is 4.79 Å². The highest BCUT2D eigenvalue weighted by Gasteiger charge is 2.39. The normalized spacial score (nSPS) is 15.6. The highest BCUT2D eigenvalue weighted by molar-refractivity contribution is 6.36. The van der Waals surface area contributed by atoms with E-state index in [0.29, 0.717) is 22.5 Å². The molecular formula is C25H19Cl3N2O. The van der Waals surface area contributed by atoms with E-state index < -0.39 is 0 Å². The Morgan fingerprint density at radius 2 is 1.71 bits per heavy atom. The van der Waals surface area contributed by atoms with Crippen molar-refractivity contribution in [2.45, 2.75) is 12.5 Å². The summed E-state index contributed by atoms with van der Waals surface area (Å²) in [5.74, 6) is 0.528. The van der Waals surface area contributed by atoms with E-state index in [1.807, 2.05) is 59.5 Å². The Kier molecular flexibility index (Phi) is 5.43. The van der Waals surface area contributed by atoms with Gasteiger partial charge in [-0.05, 0) is 42.3 Å². The first-order chi connectivity index (χ1) is 15.1. The van der Waals surface area contributed by atoms with Gasteiger partial charge in [-0.25, -0.2) is 0 Å². The Bertz CT molecular complexity index is 1300. The van der Waals surface area contributed by atoms with Gasteiger partial charge < -0.3 is 9.88 Å². The van der Waals surface area contributed by atoms with Crippen molar-refractivity contribution in [1.82, 2.24) is 9.88 Å². The van der Waals surface area contributed by atoms with Gasteiger partial charge in [0.25, 0.3) is 5.91 Å². The van der Waals surface area contributed by atoms with Crippen LogP contribution in [-0.4, -0.2) is 28.2 Å². The molecule has 0 saturated heterocycles. The van der Waals surface area contributed by atoms with Crippen LogP contribution in [0.3, 0.4) is 0 Å². The molecule has 156 valence electrons. The third-order valence-electron chi connectivity index (χ3n) is 5.81. The molecule has 0 radical (unpaired) electrons. The Morgan fingerprint density at radius 3 is 2.52 bits per heavy atom. The number of alkyl halides is 1. The quantitative estimate of drug-likeness (QED) is 0.305. The standard InChI is InChI=1S/C25H19Cl3N2O/c26-12-5-13-30-24(16-6-1-2-7-17(16)25(30)31)22-19-8-3-4-9-21(19)29-23(22)18-11-10-15(27)14-20(18)28/h1-4,6-11,14,24,29H,5,12-13H2/t24-/m1/s1. The second-order valence-corrected chi connectivity index (χ2v) is 8.84. The minimum Gasteiger partial charge on any atom is -0.354 e.